The van der Waals surface area contributed by atoms with E-state index in [9.17, 15) is 19.2 Å². The number of carbonyl (C=O) groups excluding carboxylic acids is 4. The summed E-state index contributed by atoms with van der Waals surface area (Å²) in [7, 11) is 0. The molecule has 0 spiro atoms. The Morgan fingerprint density at radius 1 is 0.962 bits per heavy atom. The number of anilines is 1. The average molecular weight is 383 g/mol. The summed E-state index contributed by atoms with van der Waals surface area (Å²) in [5, 5.41) is 2.87. The topological polar surface area (TPSA) is 108 Å². The van der Waals surface area contributed by atoms with Crippen LogP contribution in [0, 0.1) is 13.8 Å². The van der Waals surface area contributed by atoms with Gasteiger partial charge in [-0.2, -0.15) is 0 Å². The van der Waals surface area contributed by atoms with Gasteiger partial charge in [0.15, 0.2) is 6.61 Å². The molecule has 0 saturated heterocycles. The van der Waals surface area contributed by atoms with Gasteiger partial charge in [-0.3, -0.25) is 4.79 Å². The molecular formula is C17H21NO7S. The maximum atomic E-state index is 12.0. The first-order chi connectivity index (χ1) is 12.3. The van der Waals surface area contributed by atoms with Crippen molar-refractivity contribution in [3.8, 4) is 0 Å². The molecule has 0 aromatic carbocycles. The maximum Gasteiger partial charge on any atom is 0.341 e. The van der Waals surface area contributed by atoms with E-state index in [0.29, 0.717) is 5.00 Å². The normalized spacial score (nSPS) is 10.5. The first-order valence-corrected chi connectivity index (χ1v) is 8.70. The summed E-state index contributed by atoms with van der Waals surface area (Å²) in [5.74, 6) is -2.69. The Balaban J connectivity index is 2.66. The largest absolute Gasteiger partial charge is 0.463 e. The second-order valence-corrected chi connectivity index (χ2v) is 6.17. The fraction of sp³-hybridized carbons (Fsp3) is 0.412. The highest BCUT2D eigenvalue weighted by Gasteiger charge is 2.22. The molecule has 8 nitrogen and oxygen atoms in total. The van der Waals surface area contributed by atoms with Crippen LogP contribution in [0.15, 0.2) is 12.2 Å². The van der Waals surface area contributed by atoms with Gasteiger partial charge < -0.3 is 19.5 Å². The third kappa shape index (κ3) is 6.32. The van der Waals surface area contributed by atoms with E-state index < -0.39 is 30.4 Å². The van der Waals surface area contributed by atoms with E-state index in [-0.39, 0.29) is 18.8 Å². The molecule has 0 radical (unpaired) electrons. The van der Waals surface area contributed by atoms with Crippen LogP contribution in [-0.4, -0.2) is 43.6 Å². The number of aryl methyl sites for hydroxylation is 1. The van der Waals surface area contributed by atoms with Gasteiger partial charge in [0.25, 0.3) is 5.91 Å². The van der Waals surface area contributed by atoms with Gasteiger partial charge in [-0.1, -0.05) is 0 Å². The van der Waals surface area contributed by atoms with Crippen molar-refractivity contribution in [3.63, 3.8) is 0 Å². The Morgan fingerprint density at radius 3 is 2.12 bits per heavy atom. The van der Waals surface area contributed by atoms with Crippen LogP contribution in [0.4, 0.5) is 5.00 Å². The Morgan fingerprint density at radius 2 is 1.54 bits per heavy atom. The van der Waals surface area contributed by atoms with Gasteiger partial charge in [-0.05, 0) is 33.3 Å². The Kier molecular flexibility index (Phi) is 8.50. The quantitative estimate of drug-likeness (QED) is 0.416. The second-order valence-electron chi connectivity index (χ2n) is 4.95. The molecule has 1 aromatic heterocycles. The summed E-state index contributed by atoms with van der Waals surface area (Å²) < 4.78 is 14.3. The molecule has 1 amide bonds. The lowest BCUT2D eigenvalue weighted by Crippen LogP contribution is -2.21. The average Bonchev–Trinajstić information content (AvgIpc) is 2.85. The van der Waals surface area contributed by atoms with Crippen molar-refractivity contribution >= 4 is 40.2 Å². The predicted molar refractivity (Wildman–Crippen MR) is 95.1 cm³/mol. The number of hydrogen-bond acceptors (Lipinski definition) is 8. The third-order valence-electron chi connectivity index (χ3n) is 3.11. The number of thiophene rings is 1. The van der Waals surface area contributed by atoms with Crippen molar-refractivity contribution < 1.29 is 33.4 Å². The number of amides is 1. The van der Waals surface area contributed by atoms with E-state index in [1.807, 2.05) is 6.92 Å². The van der Waals surface area contributed by atoms with Crippen LogP contribution in [-0.2, 0) is 28.6 Å². The number of nitrogens with one attached hydrogen (secondary N) is 1. The number of esters is 3. The molecule has 0 unspecified atom stereocenters. The minimum atomic E-state index is -0.864. The van der Waals surface area contributed by atoms with Gasteiger partial charge in [-0.25, -0.2) is 14.4 Å². The molecule has 1 aromatic rings. The van der Waals surface area contributed by atoms with Gasteiger partial charge in [0.05, 0.1) is 18.8 Å². The lowest BCUT2D eigenvalue weighted by molar-refractivity contribution is -0.143. The van der Waals surface area contributed by atoms with Crippen LogP contribution in [0.5, 0.6) is 0 Å². The maximum absolute atomic E-state index is 12.0. The van der Waals surface area contributed by atoms with Crippen LogP contribution >= 0.6 is 11.3 Å². The molecule has 1 rings (SSSR count). The zero-order chi connectivity index (χ0) is 19.7. The number of hydrogen-bond donors (Lipinski definition) is 1. The Labute approximate surface area is 155 Å². The summed E-state index contributed by atoms with van der Waals surface area (Å²) in [4.78, 5) is 47.4. The SMILES string of the molecule is CCOC(=O)/C=C/C(=O)OCC(=O)Nc1sc(C)c(C)c1C(=O)OCC. The molecule has 0 fully saturated rings. The summed E-state index contributed by atoms with van der Waals surface area (Å²) in [6.07, 6.45) is 1.78. The molecule has 0 aliphatic carbocycles. The van der Waals surface area contributed by atoms with Crippen LogP contribution in [0.3, 0.4) is 0 Å². The highest BCUT2D eigenvalue weighted by molar-refractivity contribution is 7.16. The van der Waals surface area contributed by atoms with E-state index in [1.54, 1.807) is 20.8 Å². The number of carbonyl (C=O) groups is 4. The number of ether oxygens (including phenoxy) is 3. The molecule has 1 heterocycles. The fourth-order valence-corrected chi connectivity index (χ4v) is 2.90. The summed E-state index contributed by atoms with van der Waals surface area (Å²) >= 11 is 1.23. The molecule has 142 valence electrons. The fourth-order valence-electron chi connectivity index (χ4n) is 1.84. The summed E-state index contributed by atoms with van der Waals surface area (Å²) in [5.41, 5.74) is 1.01. The van der Waals surface area contributed by atoms with Crippen LogP contribution in [0.25, 0.3) is 0 Å². The molecule has 0 saturated carbocycles. The minimum Gasteiger partial charge on any atom is -0.463 e. The summed E-state index contributed by atoms with van der Waals surface area (Å²) in [6.45, 7) is 6.73. The van der Waals surface area contributed by atoms with E-state index in [1.165, 1.54) is 11.3 Å². The molecule has 0 aliphatic heterocycles. The first kappa shape index (κ1) is 21.4. The van der Waals surface area contributed by atoms with E-state index in [4.69, 9.17) is 9.47 Å². The van der Waals surface area contributed by atoms with Crippen molar-refractivity contribution in [2.45, 2.75) is 27.7 Å². The van der Waals surface area contributed by atoms with E-state index in [0.717, 1.165) is 22.6 Å². The first-order valence-electron chi connectivity index (χ1n) is 7.88. The van der Waals surface area contributed by atoms with Crippen LogP contribution in [0.1, 0.15) is 34.6 Å². The van der Waals surface area contributed by atoms with E-state index >= 15 is 0 Å². The molecule has 1 N–H and O–H groups in total. The molecule has 0 aliphatic rings. The van der Waals surface area contributed by atoms with Crippen molar-refractivity contribution in [2.24, 2.45) is 0 Å². The highest BCUT2D eigenvalue weighted by Crippen LogP contribution is 2.32. The molecule has 0 bridgehead atoms. The molecule has 9 heteroatoms. The zero-order valence-electron chi connectivity index (χ0n) is 15.0. The van der Waals surface area contributed by atoms with Gasteiger partial charge >= 0.3 is 17.9 Å². The van der Waals surface area contributed by atoms with Gasteiger partial charge in [0, 0.05) is 17.0 Å². The Hall–Kier alpha value is -2.68. The molecule has 0 atom stereocenters. The van der Waals surface area contributed by atoms with Crippen molar-refractivity contribution in [2.75, 3.05) is 25.1 Å². The minimum absolute atomic E-state index is 0.184. The second kappa shape index (κ2) is 10.3. The number of rotatable bonds is 8. The van der Waals surface area contributed by atoms with Crippen molar-refractivity contribution in [1.29, 1.82) is 0 Å². The monoisotopic (exact) mass is 383 g/mol. The van der Waals surface area contributed by atoms with Gasteiger partial charge in [-0.15, -0.1) is 11.3 Å². The smallest absolute Gasteiger partial charge is 0.341 e. The van der Waals surface area contributed by atoms with Gasteiger partial charge in [0.1, 0.15) is 5.00 Å². The lowest BCUT2D eigenvalue weighted by Gasteiger charge is -2.07. The van der Waals surface area contributed by atoms with Crippen molar-refractivity contribution in [3.05, 3.63) is 28.2 Å². The van der Waals surface area contributed by atoms with Crippen LogP contribution in [0.2, 0.25) is 0 Å². The lowest BCUT2D eigenvalue weighted by atomic mass is 10.1. The van der Waals surface area contributed by atoms with Crippen LogP contribution < -0.4 is 5.32 Å². The van der Waals surface area contributed by atoms with Crippen molar-refractivity contribution in [1.82, 2.24) is 0 Å². The van der Waals surface area contributed by atoms with Gasteiger partial charge in [0.2, 0.25) is 0 Å². The standard InChI is InChI=1S/C17H21NO7S/c1-5-23-13(20)7-8-14(21)25-9-12(19)18-16-15(17(22)24-6-2)10(3)11(4)26-16/h7-8H,5-6,9H2,1-4H3,(H,18,19)/b8-7+. The molecular weight excluding hydrogens is 362 g/mol. The zero-order valence-corrected chi connectivity index (χ0v) is 15.9. The highest BCUT2D eigenvalue weighted by atomic mass is 32.1. The predicted octanol–water partition coefficient (Wildman–Crippen LogP) is 2.14. The van der Waals surface area contributed by atoms with E-state index in [2.05, 4.69) is 10.1 Å². The molecule has 26 heavy (non-hydrogen) atoms. The third-order valence-corrected chi connectivity index (χ3v) is 4.23. The summed E-state index contributed by atoms with van der Waals surface area (Å²) in [6, 6.07) is 0. The Bertz CT molecular complexity index is 721.